The Morgan fingerprint density at radius 3 is 1.64 bits per heavy atom. The zero-order valence-electron chi connectivity index (χ0n) is 43.1. The highest BCUT2D eigenvalue weighted by Crippen LogP contribution is 2.45. The first-order valence-corrected chi connectivity index (χ1v) is 14.6. The van der Waals surface area contributed by atoms with Crippen LogP contribution in [0.2, 0.25) is 0 Å². The van der Waals surface area contributed by atoms with Crippen LogP contribution in [0.3, 0.4) is 0 Å². The molecule has 10 rings (SSSR count). The average molecular weight is 616 g/mol. The van der Waals surface area contributed by atoms with E-state index < -0.39 is 137 Å². The third-order valence-corrected chi connectivity index (χ3v) is 8.34. The van der Waals surface area contributed by atoms with Crippen molar-refractivity contribution in [2.24, 2.45) is 0 Å². The maximum atomic E-state index is 9.92. The van der Waals surface area contributed by atoms with Crippen molar-refractivity contribution in [2.75, 3.05) is 0 Å². The van der Waals surface area contributed by atoms with E-state index >= 15 is 0 Å². The number of rotatable bonds is 3. The second-order valence-electron chi connectivity index (χ2n) is 10.9. The Morgan fingerprint density at radius 2 is 0.936 bits per heavy atom. The minimum Gasteiger partial charge on any atom is -0.455 e. The molecule has 47 heavy (non-hydrogen) atoms. The lowest BCUT2D eigenvalue weighted by Gasteiger charge is -2.18. The molecule has 0 N–H and O–H groups in total. The zero-order valence-corrected chi connectivity index (χ0v) is 24.1. The summed E-state index contributed by atoms with van der Waals surface area (Å²) in [6.45, 7) is 0. The summed E-state index contributed by atoms with van der Waals surface area (Å²) in [5, 5.41) is -1.78. The molecule has 10 aromatic rings. The number of furan rings is 1. The Balaban J connectivity index is 1.45. The van der Waals surface area contributed by atoms with Gasteiger partial charge < -0.3 is 4.42 Å². The van der Waals surface area contributed by atoms with Crippen molar-refractivity contribution in [3.05, 3.63) is 169 Å². The molecule has 0 aliphatic heterocycles. The van der Waals surface area contributed by atoms with Crippen molar-refractivity contribution in [1.29, 1.82) is 0 Å². The van der Waals surface area contributed by atoms with Crippen molar-refractivity contribution in [2.45, 2.75) is 0 Å². The van der Waals surface area contributed by atoms with Crippen molar-refractivity contribution >= 4 is 65.0 Å². The van der Waals surface area contributed by atoms with E-state index in [1.54, 1.807) is 54.6 Å². The minimum absolute atomic E-state index is 0.0194. The predicted octanol–water partition coefficient (Wildman–Crippen LogP) is 13.2. The van der Waals surface area contributed by atoms with Crippen LogP contribution in [0.25, 0.3) is 98.4 Å². The first kappa shape index (κ1) is 13.7. The van der Waals surface area contributed by atoms with Crippen LogP contribution in [0, 0.1) is 0 Å². The summed E-state index contributed by atoms with van der Waals surface area (Å²) in [5.74, 6) is 0. The van der Waals surface area contributed by atoms with Gasteiger partial charge in [0.2, 0.25) is 0 Å². The summed E-state index contributed by atoms with van der Waals surface area (Å²) in [4.78, 5) is 0. The number of hydrogen-bond donors (Lipinski definition) is 0. The molecule has 0 bridgehead atoms. The molecule has 0 saturated carbocycles. The van der Waals surface area contributed by atoms with Gasteiger partial charge in [-0.25, -0.2) is 0 Å². The van der Waals surface area contributed by atoms with Gasteiger partial charge in [-0.05, 0) is 95.3 Å². The molecule has 0 unspecified atom stereocenters. The average Bonchev–Trinajstić information content (AvgIpc) is 3.73. The SMILES string of the molecule is [2H]c1c([2H])c([2H])c2c(oc3c4ccccc4c(-c4c([2H])c([2H])c5c([2H])c([2H])c(-c6c7c([2H])c([2H])c([2H])c([2H])c7c(-c7ccccc7)c7c([2H])c([2H])c([2H])c([2H])c67)c([2H])c5c4[2H])c([2H])c32)c1[2H]. The Kier molecular flexibility index (Phi) is 2.96. The maximum Gasteiger partial charge on any atom is 0.143 e. The Hall–Kier alpha value is -6.18. The van der Waals surface area contributed by atoms with Gasteiger partial charge in [-0.2, -0.15) is 0 Å². The highest BCUT2D eigenvalue weighted by Gasteiger charge is 2.18. The van der Waals surface area contributed by atoms with E-state index in [2.05, 4.69) is 0 Å². The van der Waals surface area contributed by atoms with E-state index in [9.17, 15) is 15.1 Å². The lowest BCUT2D eigenvalue weighted by molar-refractivity contribution is 0.672. The van der Waals surface area contributed by atoms with Gasteiger partial charge in [0.05, 0.1) is 26.0 Å². The summed E-state index contributed by atoms with van der Waals surface area (Å²) in [7, 11) is 0. The van der Waals surface area contributed by atoms with Gasteiger partial charge in [0.25, 0.3) is 0 Å². The predicted molar refractivity (Wildman–Crippen MR) is 200 cm³/mol. The number of fused-ring (bicyclic) bond motifs is 8. The molecule has 0 fully saturated rings. The molecule has 0 saturated heterocycles. The van der Waals surface area contributed by atoms with Gasteiger partial charge in [0.15, 0.2) is 0 Å². The van der Waals surface area contributed by atoms with Gasteiger partial charge in [-0.1, -0.05) is 145 Å². The first-order valence-electron chi connectivity index (χ1n) is 24.1. The molecule has 0 atom stereocenters. The van der Waals surface area contributed by atoms with E-state index in [4.69, 9.17) is 15.4 Å². The first-order chi connectivity index (χ1) is 31.3. The van der Waals surface area contributed by atoms with Crippen LogP contribution >= 0.6 is 0 Å². The highest BCUT2D eigenvalue weighted by molar-refractivity contribution is 6.22. The van der Waals surface area contributed by atoms with Crippen molar-refractivity contribution in [3.63, 3.8) is 0 Å². The molecule has 1 nitrogen and oxygen atoms in total. The number of hydrogen-bond acceptors (Lipinski definition) is 1. The number of para-hydroxylation sites is 1. The summed E-state index contributed by atoms with van der Waals surface area (Å²) in [5.41, 5.74) is -1.39. The van der Waals surface area contributed by atoms with Gasteiger partial charge in [-0.3, -0.25) is 0 Å². The molecule has 0 aliphatic rings. The minimum atomic E-state index is -0.797. The Bertz CT molecular complexity index is 3840. The molecule has 0 spiro atoms. The standard InChI is InChI=1S/C46H28O/c1-2-12-30(13-3-1)44-36-16-5-7-18-38(36)45(39-19-8-6-17-37(39)44)32-25-23-29-22-24-31(26-33(29)27-32)41-28-42-35-15-10-11-21-43(35)47-46(42)40-20-9-4-14-34(40)41/h1-28H/i5D,6D,7D,8D,10D,11D,15D,16D,17D,18D,19D,21D,22D,23D,24D,25D,26D,27D,28D. The molecule has 1 heteroatoms. The van der Waals surface area contributed by atoms with E-state index in [-0.39, 0.29) is 70.9 Å². The Labute approximate surface area is 298 Å². The summed E-state index contributed by atoms with van der Waals surface area (Å²) < 4.78 is 179. The second kappa shape index (κ2) is 10.2. The van der Waals surface area contributed by atoms with Gasteiger partial charge in [0, 0.05) is 16.2 Å². The van der Waals surface area contributed by atoms with Crippen LogP contribution in [0.4, 0.5) is 0 Å². The largest absolute Gasteiger partial charge is 0.455 e. The van der Waals surface area contributed by atoms with Crippen LogP contribution < -0.4 is 0 Å². The van der Waals surface area contributed by atoms with Gasteiger partial charge >= 0.3 is 0 Å². The van der Waals surface area contributed by atoms with E-state index in [1.165, 1.54) is 0 Å². The van der Waals surface area contributed by atoms with Crippen LogP contribution in [0.15, 0.2) is 174 Å². The molecule has 1 heterocycles. The lowest BCUT2D eigenvalue weighted by Crippen LogP contribution is -1.91. The molecule has 9 aromatic carbocycles. The molecule has 0 amide bonds. The highest BCUT2D eigenvalue weighted by atomic mass is 16.3. The van der Waals surface area contributed by atoms with Crippen molar-refractivity contribution in [3.8, 4) is 33.4 Å². The third kappa shape index (κ3) is 3.97. The summed E-state index contributed by atoms with van der Waals surface area (Å²) >= 11 is 0. The Morgan fingerprint density at radius 1 is 0.383 bits per heavy atom. The lowest BCUT2D eigenvalue weighted by atomic mass is 9.85. The monoisotopic (exact) mass is 615 g/mol. The van der Waals surface area contributed by atoms with Crippen LogP contribution in [0.1, 0.15) is 26.0 Å². The molecule has 1 aromatic heterocycles. The van der Waals surface area contributed by atoms with E-state index in [0.717, 1.165) is 0 Å². The van der Waals surface area contributed by atoms with Crippen LogP contribution in [-0.4, -0.2) is 0 Å². The smallest absolute Gasteiger partial charge is 0.143 e. The quantitative estimate of drug-likeness (QED) is 0.180. The fourth-order valence-electron chi connectivity index (χ4n) is 6.31. The second-order valence-corrected chi connectivity index (χ2v) is 10.9. The molecular weight excluding hydrogens is 569 g/mol. The molecule has 218 valence electrons. The third-order valence-electron chi connectivity index (χ3n) is 8.34. The van der Waals surface area contributed by atoms with Crippen LogP contribution in [0.5, 0.6) is 0 Å². The fraction of sp³-hybridized carbons (Fsp3) is 0. The van der Waals surface area contributed by atoms with E-state index in [1.807, 2.05) is 0 Å². The normalized spacial score (nSPS) is 17.5. The van der Waals surface area contributed by atoms with E-state index in [0.29, 0.717) is 5.56 Å². The summed E-state index contributed by atoms with van der Waals surface area (Å²) in [6.07, 6.45) is 0. The van der Waals surface area contributed by atoms with Crippen LogP contribution in [-0.2, 0) is 0 Å². The summed E-state index contributed by atoms with van der Waals surface area (Å²) in [6, 6.07) is 2.18. The molecule has 0 radical (unpaired) electrons. The molecule has 0 aliphatic carbocycles. The zero-order chi connectivity index (χ0) is 47.4. The maximum absolute atomic E-state index is 9.92. The molecular formula is C46H28O. The topological polar surface area (TPSA) is 13.1 Å². The fourth-order valence-corrected chi connectivity index (χ4v) is 6.31. The van der Waals surface area contributed by atoms with Crippen molar-refractivity contribution < 1.29 is 30.5 Å². The van der Waals surface area contributed by atoms with Crippen molar-refractivity contribution in [1.82, 2.24) is 0 Å². The van der Waals surface area contributed by atoms with Gasteiger partial charge in [0.1, 0.15) is 11.2 Å². The number of benzene rings is 9. The van der Waals surface area contributed by atoms with Gasteiger partial charge in [-0.15, -0.1) is 0 Å².